The van der Waals surface area contributed by atoms with Crippen LogP contribution in [0.2, 0.25) is 0 Å². The van der Waals surface area contributed by atoms with Crippen LogP contribution < -0.4 is 5.32 Å². The smallest absolute Gasteiger partial charge is 0.0783 e. The summed E-state index contributed by atoms with van der Waals surface area (Å²) in [6, 6.07) is 0.768. The zero-order valence-corrected chi connectivity index (χ0v) is 13.1. The van der Waals surface area contributed by atoms with Gasteiger partial charge in [-0.05, 0) is 56.7 Å². The summed E-state index contributed by atoms with van der Waals surface area (Å²) in [5.41, 5.74) is 0.273. The van der Waals surface area contributed by atoms with Crippen LogP contribution in [0.15, 0.2) is 0 Å². The third-order valence-corrected chi connectivity index (χ3v) is 6.86. The van der Waals surface area contributed by atoms with Crippen LogP contribution >= 0.6 is 11.8 Å². The molecule has 4 unspecified atom stereocenters. The minimum Gasteiger partial charge on any atom is -0.374 e. The zero-order valence-electron chi connectivity index (χ0n) is 12.3. The maximum Gasteiger partial charge on any atom is 0.0783 e. The van der Waals surface area contributed by atoms with Crippen molar-refractivity contribution in [2.24, 2.45) is 11.8 Å². The van der Waals surface area contributed by atoms with Gasteiger partial charge in [0.2, 0.25) is 0 Å². The van der Waals surface area contributed by atoms with Crippen LogP contribution in [0.25, 0.3) is 0 Å². The standard InChI is InChI=1S/C16H29NOS/c1-17-15-5-3-2-4-13(10-15)14-6-8-18-16(11-14)7-9-19-12-16/h13-15,17H,2-12H2,1H3. The first-order valence-corrected chi connectivity index (χ1v) is 9.36. The molecule has 1 N–H and O–H groups in total. The third-order valence-electron chi connectivity index (χ3n) is 5.64. The highest BCUT2D eigenvalue weighted by molar-refractivity contribution is 7.99. The van der Waals surface area contributed by atoms with Crippen molar-refractivity contribution < 1.29 is 4.74 Å². The van der Waals surface area contributed by atoms with Crippen LogP contribution in [0.3, 0.4) is 0 Å². The van der Waals surface area contributed by atoms with E-state index < -0.39 is 0 Å². The summed E-state index contributed by atoms with van der Waals surface area (Å²) in [6.07, 6.45) is 11.1. The molecule has 4 atom stereocenters. The summed E-state index contributed by atoms with van der Waals surface area (Å²) in [5.74, 6) is 4.45. The van der Waals surface area contributed by atoms with Gasteiger partial charge in [0.15, 0.2) is 0 Å². The Morgan fingerprint density at radius 3 is 2.84 bits per heavy atom. The zero-order chi connectivity index (χ0) is 13.1. The number of nitrogens with one attached hydrogen (secondary N) is 1. The Kier molecular flexibility index (Phi) is 4.76. The molecule has 3 rings (SSSR count). The lowest BCUT2D eigenvalue weighted by Crippen LogP contribution is -2.42. The van der Waals surface area contributed by atoms with Crippen LogP contribution in [-0.4, -0.2) is 36.8 Å². The number of hydrogen-bond acceptors (Lipinski definition) is 3. The molecule has 0 radical (unpaired) electrons. The van der Waals surface area contributed by atoms with E-state index in [1.165, 1.54) is 62.9 Å². The summed E-state index contributed by atoms with van der Waals surface area (Å²) in [4.78, 5) is 0. The first-order chi connectivity index (χ1) is 9.31. The van der Waals surface area contributed by atoms with Gasteiger partial charge in [-0.1, -0.05) is 19.3 Å². The lowest BCUT2D eigenvalue weighted by Gasteiger charge is -2.41. The molecular weight excluding hydrogens is 254 g/mol. The minimum absolute atomic E-state index is 0.273. The predicted octanol–water partition coefficient (Wildman–Crippen LogP) is 3.46. The second-order valence-electron chi connectivity index (χ2n) is 6.85. The molecule has 3 fully saturated rings. The van der Waals surface area contributed by atoms with Crippen molar-refractivity contribution in [3.8, 4) is 0 Å². The van der Waals surface area contributed by atoms with Gasteiger partial charge in [-0.15, -0.1) is 0 Å². The molecule has 0 aromatic heterocycles. The highest BCUT2D eigenvalue weighted by Gasteiger charge is 2.42. The van der Waals surface area contributed by atoms with E-state index >= 15 is 0 Å². The summed E-state index contributed by atoms with van der Waals surface area (Å²) in [5, 5.41) is 3.54. The Morgan fingerprint density at radius 1 is 1.16 bits per heavy atom. The summed E-state index contributed by atoms with van der Waals surface area (Å²) >= 11 is 2.10. The average Bonchev–Trinajstić information content (AvgIpc) is 2.75. The fourth-order valence-corrected chi connectivity index (χ4v) is 5.80. The first-order valence-electron chi connectivity index (χ1n) is 8.20. The van der Waals surface area contributed by atoms with Gasteiger partial charge in [0.1, 0.15) is 0 Å². The van der Waals surface area contributed by atoms with E-state index in [1.54, 1.807) is 0 Å². The number of hydrogen-bond donors (Lipinski definition) is 1. The fourth-order valence-electron chi connectivity index (χ4n) is 4.42. The lowest BCUT2D eigenvalue weighted by atomic mass is 9.75. The predicted molar refractivity (Wildman–Crippen MR) is 82.8 cm³/mol. The van der Waals surface area contributed by atoms with Crippen LogP contribution in [0, 0.1) is 11.8 Å². The SMILES string of the molecule is CNC1CCCCC(C2CCOC3(CCSC3)C2)C1. The van der Waals surface area contributed by atoms with E-state index in [9.17, 15) is 0 Å². The van der Waals surface area contributed by atoms with E-state index in [4.69, 9.17) is 4.74 Å². The molecule has 1 aliphatic carbocycles. The third kappa shape index (κ3) is 3.30. The Hall–Kier alpha value is 0.270. The molecule has 110 valence electrons. The lowest BCUT2D eigenvalue weighted by molar-refractivity contribution is -0.0905. The van der Waals surface area contributed by atoms with Crippen LogP contribution in [0.4, 0.5) is 0 Å². The summed E-state index contributed by atoms with van der Waals surface area (Å²) < 4.78 is 6.20. The Labute approximate surface area is 122 Å². The van der Waals surface area contributed by atoms with Crippen molar-refractivity contribution in [1.29, 1.82) is 0 Å². The quantitative estimate of drug-likeness (QED) is 0.784. The Morgan fingerprint density at radius 2 is 2.05 bits per heavy atom. The van der Waals surface area contributed by atoms with Gasteiger partial charge in [0.05, 0.1) is 5.60 Å². The Bertz CT molecular complexity index is 290. The molecule has 2 nitrogen and oxygen atoms in total. The van der Waals surface area contributed by atoms with Crippen LogP contribution in [0.1, 0.15) is 51.4 Å². The molecule has 0 aromatic carbocycles. The second kappa shape index (κ2) is 6.36. The second-order valence-corrected chi connectivity index (χ2v) is 7.96. The van der Waals surface area contributed by atoms with Gasteiger partial charge in [-0.3, -0.25) is 0 Å². The summed E-state index contributed by atoms with van der Waals surface area (Å²) in [6.45, 7) is 1.02. The Balaban J connectivity index is 1.63. The molecule has 3 heteroatoms. The average molecular weight is 283 g/mol. The van der Waals surface area contributed by atoms with E-state index in [1.807, 2.05) is 0 Å². The molecule has 0 aromatic rings. The number of ether oxygens (including phenoxy) is 1. The normalized spacial score (nSPS) is 44.4. The van der Waals surface area contributed by atoms with E-state index in [0.717, 1.165) is 24.5 Å². The summed E-state index contributed by atoms with van der Waals surface area (Å²) in [7, 11) is 2.14. The van der Waals surface area contributed by atoms with Crippen LogP contribution in [-0.2, 0) is 4.74 Å². The largest absolute Gasteiger partial charge is 0.374 e. The molecule has 2 heterocycles. The topological polar surface area (TPSA) is 21.3 Å². The molecule has 0 bridgehead atoms. The maximum atomic E-state index is 6.20. The maximum absolute atomic E-state index is 6.20. The van der Waals surface area contributed by atoms with Crippen molar-refractivity contribution in [1.82, 2.24) is 5.32 Å². The van der Waals surface area contributed by atoms with Gasteiger partial charge in [-0.25, -0.2) is 0 Å². The molecule has 2 aliphatic heterocycles. The van der Waals surface area contributed by atoms with Crippen molar-refractivity contribution in [3.63, 3.8) is 0 Å². The van der Waals surface area contributed by atoms with Crippen molar-refractivity contribution in [2.75, 3.05) is 25.2 Å². The van der Waals surface area contributed by atoms with Crippen molar-refractivity contribution >= 4 is 11.8 Å². The van der Waals surface area contributed by atoms with E-state index in [-0.39, 0.29) is 5.60 Å². The molecule has 19 heavy (non-hydrogen) atoms. The number of rotatable bonds is 2. The van der Waals surface area contributed by atoms with Crippen LogP contribution in [0.5, 0.6) is 0 Å². The molecule has 1 spiro atoms. The van der Waals surface area contributed by atoms with E-state index in [0.29, 0.717) is 0 Å². The number of thioether (sulfide) groups is 1. The van der Waals surface area contributed by atoms with Crippen molar-refractivity contribution in [2.45, 2.75) is 63.0 Å². The molecular formula is C16H29NOS. The van der Waals surface area contributed by atoms with Gasteiger partial charge < -0.3 is 10.1 Å². The molecule has 0 amide bonds. The molecule has 1 saturated carbocycles. The minimum atomic E-state index is 0.273. The van der Waals surface area contributed by atoms with Gasteiger partial charge in [0, 0.05) is 18.4 Å². The fraction of sp³-hybridized carbons (Fsp3) is 1.00. The molecule has 3 aliphatic rings. The van der Waals surface area contributed by atoms with E-state index in [2.05, 4.69) is 24.1 Å². The van der Waals surface area contributed by atoms with Gasteiger partial charge >= 0.3 is 0 Å². The first kappa shape index (κ1) is 14.2. The van der Waals surface area contributed by atoms with Gasteiger partial charge in [0.25, 0.3) is 0 Å². The van der Waals surface area contributed by atoms with Crippen molar-refractivity contribution in [3.05, 3.63) is 0 Å². The van der Waals surface area contributed by atoms with Gasteiger partial charge in [-0.2, -0.15) is 11.8 Å². The monoisotopic (exact) mass is 283 g/mol. The highest BCUT2D eigenvalue weighted by atomic mass is 32.2. The molecule has 2 saturated heterocycles. The highest BCUT2D eigenvalue weighted by Crippen LogP contribution is 2.44.